The number of carbonyl (C=O) groups is 2. The molecule has 4 nitrogen and oxygen atoms in total. The second kappa shape index (κ2) is 6.79. The Morgan fingerprint density at radius 2 is 2.00 bits per heavy atom. The summed E-state index contributed by atoms with van der Waals surface area (Å²) in [5.74, 6) is 0.390. The molecule has 0 aromatic heterocycles. The lowest BCUT2D eigenvalue weighted by Gasteiger charge is -2.08. The molecule has 0 saturated carbocycles. The van der Waals surface area contributed by atoms with Gasteiger partial charge < -0.3 is 10.1 Å². The van der Waals surface area contributed by atoms with Gasteiger partial charge in [0.15, 0.2) is 5.78 Å². The maximum absolute atomic E-state index is 12.0. The van der Waals surface area contributed by atoms with Gasteiger partial charge in [0.25, 0.3) is 0 Å². The number of nitrogens with one attached hydrogen (secondary N) is 1. The molecule has 0 heterocycles. The number of ketones is 1. The largest absolute Gasteiger partial charge is 0.496 e. The van der Waals surface area contributed by atoms with Gasteiger partial charge in [-0.3, -0.25) is 9.59 Å². The minimum absolute atomic E-state index is 0.0678. The molecule has 0 unspecified atom stereocenters. The number of methoxy groups -OCH3 is 1. The Balaban J connectivity index is 2.71. The van der Waals surface area contributed by atoms with Gasteiger partial charge >= 0.3 is 0 Å². The molecule has 1 rings (SSSR count). The number of hydrogen-bond donors (Lipinski definition) is 1. The van der Waals surface area contributed by atoms with Gasteiger partial charge in [0.2, 0.25) is 5.91 Å². The summed E-state index contributed by atoms with van der Waals surface area (Å²) >= 11 is 0. The highest BCUT2D eigenvalue weighted by molar-refractivity contribution is 6.00. The fraction of sp³-hybridized carbons (Fsp3) is 0.429. The summed E-state index contributed by atoms with van der Waals surface area (Å²) in [6.45, 7) is 4.35. The summed E-state index contributed by atoms with van der Waals surface area (Å²) in [7, 11) is 1.53. The zero-order valence-electron chi connectivity index (χ0n) is 11.1. The Morgan fingerprint density at radius 1 is 1.28 bits per heavy atom. The maximum atomic E-state index is 12.0. The minimum atomic E-state index is -0.0996. The van der Waals surface area contributed by atoms with Gasteiger partial charge in [0.1, 0.15) is 5.75 Å². The third kappa shape index (κ3) is 3.87. The van der Waals surface area contributed by atoms with E-state index in [2.05, 4.69) is 5.32 Å². The monoisotopic (exact) mass is 249 g/mol. The van der Waals surface area contributed by atoms with Crippen molar-refractivity contribution < 1.29 is 14.3 Å². The molecule has 0 atom stereocenters. The summed E-state index contributed by atoms with van der Waals surface area (Å²) in [5, 5.41) is 2.67. The van der Waals surface area contributed by atoms with E-state index in [4.69, 9.17) is 4.74 Å². The van der Waals surface area contributed by atoms with Crippen molar-refractivity contribution in [3.05, 3.63) is 29.3 Å². The average molecular weight is 249 g/mol. The van der Waals surface area contributed by atoms with Crippen LogP contribution in [0.15, 0.2) is 18.2 Å². The molecule has 0 saturated heterocycles. The van der Waals surface area contributed by atoms with Gasteiger partial charge in [-0.1, -0.05) is 11.6 Å². The lowest BCUT2D eigenvalue weighted by Crippen LogP contribution is -2.23. The van der Waals surface area contributed by atoms with Crippen LogP contribution in [-0.2, 0) is 4.79 Å². The van der Waals surface area contributed by atoms with Crippen LogP contribution < -0.4 is 10.1 Å². The standard InChI is InChI=1S/C14H19NO3/c1-4-15-14(17)8-6-12(16)11-9-10(2)5-7-13(11)18-3/h5,7,9H,4,6,8H2,1-3H3,(H,15,17). The van der Waals surface area contributed by atoms with Crippen molar-refractivity contribution in [3.8, 4) is 5.75 Å². The van der Waals surface area contributed by atoms with E-state index < -0.39 is 0 Å². The molecule has 0 aliphatic heterocycles. The van der Waals surface area contributed by atoms with Crippen molar-refractivity contribution in [2.75, 3.05) is 13.7 Å². The quantitative estimate of drug-likeness (QED) is 0.785. The van der Waals surface area contributed by atoms with Crippen LogP contribution in [-0.4, -0.2) is 25.3 Å². The molecule has 0 fully saturated rings. The van der Waals surface area contributed by atoms with Crippen molar-refractivity contribution in [2.45, 2.75) is 26.7 Å². The molecule has 4 heteroatoms. The van der Waals surface area contributed by atoms with E-state index in [-0.39, 0.29) is 24.5 Å². The Labute approximate surface area is 107 Å². The van der Waals surface area contributed by atoms with Crippen molar-refractivity contribution in [1.82, 2.24) is 5.32 Å². The molecule has 0 bridgehead atoms. The molecule has 18 heavy (non-hydrogen) atoms. The van der Waals surface area contributed by atoms with Gasteiger partial charge in [-0.05, 0) is 26.0 Å². The molecule has 0 spiro atoms. The second-order valence-electron chi connectivity index (χ2n) is 4.08. The fourth-order valence-electron chi connectivity index (χ4n) is 1.69. The smallest absolute Gasteiger partial charge is 0.220 e. The van der Waals surface area contributed by atoms with Crippen LogP contribution in [0.2, 0.25) is 0 Å². The second-order valence-corrected chi connectivity index (χ2v) is 4.08. The number of ether oxygens (including phenoxy) is 1. The summed E-state index contributed by atoms with van der Waals surface area (Å²) in [6, 6.07) is 5.45. The molecular weight excluding hydrogens is 230 g/mol. The highest BCUT2D eigenvalue weighted by atomic mass is 16.5. The molecule has 0 aliphatic carbocycles. The van der Waals surface area contributed by atoms with Gasteiger partial charge in [-0.2, -0.15) is 0 Å². The van der Waals surface area contributed by atoms with Gasteiger partial charge in [0.05, 0.1) is 12.7 Å². The fourth-order valence-corrected chi connectivity index (χ4v) is 1.69. The molecule has 1 aromatic carbocycles. The van der Waals surface area contributed by atoms with Crippen LogP contribution in [0.25, 0.3) is 0 Å². The van der Waals surface area contributed by atoms with Crippen molar-refractivity contribution in [2.24, 2.45) is 0 Å². The topological polar surface area (TPSA) is 55.4 Å². The number of carbonyl (C=O) groups excluding carboxylic acids is 2. The summed E-state index contributed by atoms with van der Waals surface area (Å²) < 4.78 is 5.15. The zero-order valence-corrected chi connectivity index (χ0v) is 11.1. The lowest BCUT2D eigenvalue weighted by atomic mass is 10.0. The first-order valence-electron chi connectivity index (χ1n) is 6.03. The third-order valence-electron chi connectivity index (χ3n) is 2.61. The molecule has 1 amide bonds. The first-order valence-corrected chi connectivity index (χ1v) is 6.03. The van der Waals surface area contributed by atoms with Crippen LogP contribution in [0.3, 0.4) is 0 Å². The summed E-state index contributed by atoms with van der Waals surface area (Å²) in [4.78, 5) is 23.3. The molecule has 1 N–H and O–H groups in total. The highest BCUT2D eigenvalue weighted by Crippen LogP contribution is 2.21. The Kier molecular flexibility index (Phi) is 5.36. The van der Waals surface area contributed by atoms with Crippen LogP contribution in [0.1, 0.15) is 35.7 Å². The lowest BCUT2D eigenvalue weighted by molar-refractivity contribution is -0.120. The Bertz CT molecular complexity index is 441. The van der Waals surface area contributed by atoms with E-state index in [0.29, 0.717) is 17.9 Å². The first-order chi connectivity index (χ1) is 8.58. The zero-order chi connectivity index (χ0) is 13.5. The van der Waals surface area contributed by atoms with Crippen LogP contribution in [0.5, 0.6) is 5.75 Å². The van der Waals surface area contributed by atoms with E-state index in [9.17, 15) is 9.59 Å². The first kappa shape index (κ1) is 14.2. The molecule has 0 radical (unpaired) electrons. The van der Waals surface area contributed by atoms with Crippen LogP contribution in [0, 0.1) is 6.92 Å². The predicted octanol–water partition coefficient (Wildman–Crippen LogP) is 2.10. The van der Waals surface area contributed by atoms with E-state index in [1.807, 2.05) is 19.9 Å². The number of rotatable bonds is 6. The summed E-state index contributed by atoms with van der Waals surface area (Å²) in [5.41, 5.74) is 1.54. The van der Waals surface area contributed by atoms with E-state index in [0.717, 1.165) is 5.56 Å². The Hall–Kier alpha value is -1.84. The van der Waals surface area contributed by atoms with Gasteiger partial charge in [-0.15, -0.1) is 0 Å². The number of aryl methyl sites for hydroxylation is 1. The van der Waals surface area contributed by atoms with Crippen molar-refractivity contribution in [1.29, 1.82) is 0 Å². The van der Waals surface area contributed by atoms with E-state index in [1.54, 1.807) is 12.1 Å². The van der Waals surface area contributed by atoms with Crippen molar-refractivity contribution >= 4 is 11.7 Å². The normalized spacial score (nSPS) is 9.94. The minimum Gasteiger partial charge on any atom is -0.496 e. The number of amides is 1. The predicted molar refractivity (Wildman–Crippen MR) is 70.0 cm³/mol. The molecule has 1 aromatic rings. The average Bonchev–Trinajstić information content (AvgIpc) is 2.36. The third-order valence-corrected chi connectivity index (χ3v) is 2.61. The number of benzene rings is 1. The molecule has 98 valence electrons. The number of Topliss-reactive ketones (excluding diaryl/α,β-unsaturated/α-hetero) is 1. The maximum Gasteiger partial charge on any atom is 0.220 e. The van der Waals surface area contributed by atoms with Crippen LogP contribution >= 0.6 is 0 Å². The SMILES string of the molecule is CCNC(=O)CCC(=O)c1cc(C)ccc1OC. The molecular formula is C14H19NO3. The highest BCUT2D eigenvalue weighted by Gasteiger charge is 2.13. The van der Waals surface area contributed by atoms with Crippen LogP contribution in [0.4, 0.5) is 0 Å². The van der Waals surface area contributed by atoms with E-state index in [1.165, 1.54) is 7.11 Å². The number of hydrogen-bond acceptors (Lipinski definition) is 3. The van der Waals surface area contributed by atoms with Crippen molar-refractivity contribution in [3.63, 3.8) is 0 Å². The Morgan fingerprint density at radius 3 is 2.61 bits per heavy atom. The van der Waals surface area contributed by atoms with Gasteiger partial charge in [-0.25, -0.2) is 0 Å². The summed E-state index contributed by atoms with van der Waals surface area (Å²) in [6.07, 6.45) is 0.412. The van der Waals surface area contributed by atoms with E-state index >= 15 is 0 Å². The van der Waals surface area contributed by atoms with Gasteiger partial charge in [0, 0.05) is 19.4 Å². The molecule has 0 aliphatic rings.